The van der Waals surface area contributed by atoms with Crippen molar-refractivity contribution in [3.05, 3.63) is 53.2 Å². The van der Waals surface area contributed by atoms with Crippen molar-refractivity contribution in [3.63, 3.8) is 0 Å². The first-order chi connectivity index (χ1) is 13.6. The van der Waals surface area contributed by atoms with Crippen molar-refractivity contribution in [3.8, 4) is 16.3 Å². The highest BCUT2D eigenvalue weighted by Crippen LogP contribution is 2.27. The van der Waals surface area contributed by atoms with Crippen LogP contribution in [-0.2, 0) is 0 Å². The van der Waals surface area contributed by atoms with Gasteiger partial charge in [0.1, 0.15) is 0 Å². The number of aromatic amines is 1. The molecule has 0 unspecified atom stereocenters. The molecule has 1 fully saturated rings. The average Bonchev–Trinajstić information content (AvgIpc) is 3.40. The largest absolute Gasteiger partial charge is 0.494 e. The number of piperidine rings is 1. The Morgan fingerprint density at radius 3 is 2.82 bits per heavy atom. The van der Waals surface area contributed by atoms with E-state index >= 15 is 0 Å². The first kappa shape index (κ1) is 18.5. The molecule has 2 N–H and O–H groups in total. The second kappa shape index (κ2) is 8.02. The summed E-state index contributed by atoms with van der Waals surface area (Å²) < 4.78 is 18.7. The van der Waals surface area contributed by atoms with E-state index in [0.29, 0.717) is 5.56 Å². The molecule has 0 saturated carbocycles. The molecule has 1 aliphatic heterocycles. The molecule has 0 radical (unpaired) electrons. The predicted octanol–water partition coefficient (Wildman–Crippen LogP) is 3.68. The number of halogens is 1. The maximum absolute atomic E-state index is 13.8. The summed E-state index contributed by atoms with van der Waals surface area (Å²) in [5.74, 6) is 0.251. The number of ether oxygens (including phenoxy) is 1. The Bertz CT molecular complexity index is 949. The van der Waals surface area contributed by atoms with Crippen LogP contribution < -0.4 is 15.0 Å². The Kier molecular flexibility index (Phi) is 5.29. The van der Waals surface area contributed by atoms with Crippen molar-refractivity contribution in [2.75, 3.05) is 25.1 Å². The molecule has 3 aromatic rings. The number of methoxy groups -OCH3 is 1. The van der Waals surface area contributed by atoms with E-state index in [1.165, 1.54) is 19.2 Å². The van der Waals surface area contributed by atoms with E-state index in [-0.39, 0.29) is 17.7 Å². The minimum atomic E-state index is -0.537. The Hall–Kier alpha value is -2.87. The second-order valence-electron chi connectivity index (χ2n) is 6.70. The third-order valence-electron chi connectivity index (χ3n) is 4.92. The highest BCUT2D eigenvalue weighted by Gasteiger charge is 2.23. The molecule has 28 heavy (non-hydrogen) atoms. The fraction of sp³-hybridized carbons (Fsp3) is 0.300. The van der Waals surface area contributed by atoms with Gasteiger partial charge < -0.3 is 15.0 Å². The smallest absolute Gasteiger partial charge is 0.251 e. The van der Waals surface area contributed by atoms with Gasteiger partial charge in [0.2, 0.25) is 0 Å². The minimum Gasteiger partial charge on any atom is -0.494 e. The Morgan fingerprint density at radius 2 is 2.14 bits per heavy atom. The number of nitrogens with zero attached hydrogens (tertiary/aromatic N) is 2. The number of hydrogen-bond acceptors (Lipinski definition) is 5. The van der Waals surface area contributed by atoms with Crippen LogP contribution in [-0.4, -0.2) is 42.3 Å². The molecule has 0 spiro atoms. The van der Waals surface area contributed by atoms with E-state index in [1.54, 1.807) is 17.4 Å². The molecule has 8 heteroatoms. The zero-order valence-corrected chi connectivity index (χ0v) is 16.3. The highest BCUT2D eigenvalue weighted by molar-refractivity contribution is 7.13. The second-order valence-corrected chi connectivity index (χ2v) is 7.65. The fourth-order valence-electron chi connectivity index (χ4n) is 3.36. The van der Waals surface area contributed by atoms with Crippen LogP contribution in [0.5, 0.6) is 5.75 Å². The van der Waals surface area contributed by atoms with Crippen LogP contribution in [0.25, 0.3) is 10.6 Å². The Balaban J connectivity index is 1.33. The lowest BCUT2D eigenvalue weighted by Gasteiger charge is -2.32. The minimum absolute atomic E-state index is 0.0598. The number of amides is 1. The van der Waals surface area contributed by atoms with Crippen LogP contribution in [0.4, 0.5) is 10.2 Å². The highest BCUT2D eigenvalue weighted by atomic mass is 32.1. The number of nitrogens with one attached hydrogen (secondary N) is 2. The summed E-state index contributed by atoms with van der Waals surface area (Å²) in [7, 11) is 1.40. The third-order valence-corrected chi connectivity index (χ3v) is 5.82. The van der Waals surface area contributed by atoms with E-state index < -0.39 is 5.82 Å². The molecule has 1 amide bonds. The summed E-state index contributed by atoms with van der Waals surface area (Å²) in [6.45, 7) is 1.60. The molecule has 0 atom stereocenters. The zero-order chi connectivity index (χ0) is 19.5. The molecule has 1 saturated heterocycles. The summed E-state index contributed by atoms with van der Waals surface area (Å²) in [4.78, 5) is 15.8. The van der Waals surface area contributed by atoms with Gasteiger partial charge >= 0.3 is 0 Å². The van der Waals surface area contributed by atoms with Crippen molar-refractivity contribution in [1.29, 1.82) is 0 Å². The van der Waals surface area contributed by atoms with E-state index in [9.17, 15) is 9.18 Å². The third kappa shape index (κ3) is 3.87. The molecular formula is C20H21FN4O2S. The van der Waals surface area contributed by atoms with Gasteiger partial charge in [-0.05, 0) is 42.5 Å². The van der Waals surface area contributed by atoms with Crippen molar-refractivity contribution in [1.82, 2.24) is 15.5 Å². The number of carbonyl (C=O) groups excluding carboxylic acids is 1. The number of anilines is 1. The van der Waals surface area contributed by atoms with Gasteiger partial charge in [0.25, 0.3) is 5.91 Å². The summed E-state index contributed by atoms with van der Waals surface area (Å²) in [5.41, 5.74) is 1.32. The maximum Gasteiger partial charge on any atom is 0.251 e. The average molecular weight is 400 g/mol. The monoisotopic (exact) mass is 400 g/mol. The lowest BCUT2D eigenvalue weighted by Crippen LogP contribution is -2.44. The van der Waals surface area contributed by atoms with Gasteiger partial charge in [0.05, 0.1) is 17.7 Å². The standard InChI is InChI=1S/C20H21FN4O2S/c1-27-17-5-4-13(11-15(17)21)20(26)22-14-6-8-25(9-7-14)19-12-16(23-24-19)18-3-2-10-28-18/h2-5,10-12,14H,6-9H2,1H3,(H,22,26)(H,23,24). The number of aromatic nitrogens is 2. The summed E-state index contributed by atoms with van der Waals surface area (Å²) in [6.07, 6.45) is 1.62. The molecule has 0 bridgehead atoms. The normalized spacial score (nSPS) is 14.9. The van der Waals surface area contributed by atoms with Crippen LogP contribution in [0.15, 0.2) is 41.8 Å². The predicted molar refractivity (Wildman–Crippen MR) is 108 cm³/mol. The molecule has 146 valence electrons. The SMILES string of the molecule is COc1ccc(C(=O)NC2CCN(c3cc(-c4cccs4)[nH]n3)CC2)cc1F. The summed E-state index contributed by atoms with van der Waals surface area (Å²) in [6, 6.07) is 10.4. The first-order valence-corrected chi connectivity index (χ1v) is 10.0. The van der Waals surface area contributed by atoms with Crippen LogP contribution in [0.3, 0.4) is 0 Å². The van der Waals surface area contributed by atoms with Gasteiger partial charge in [-0.2, -0.15) is 5.10 Å². The van der Waals surface area contributed by atoms with Gasteiger partial charge in [-0.15, -0.1) is 11.3 Å². The van der Waals surface area contributed by atoms with Crippen molar-refractivity contribution >= 4 is 23.1 Å². The van der Waals surface area contributed by atoms with E-state index in [1.807, 2.05) is 11.4 Å². The van der Waals surface area contributed by atoms with Crippen molar-refractivity contribution in [2.45, 2.75) is 18.9 Å². The van der Waals surface area contributed by atoms with Gasteiger partial charge in [-0.3, -0.25) is 9.89 Å². The molecule has 2 aromatic heterocycles. The number of H-pyrrole nitrogens is 1. The van der Waals surface area contributed by atoms with Gasteiger partial charge in [0.15, 0.2) is 17.4 Å². The molecular weight excluding hydrogens is 379 g/mol. The van der Waals surface area contributed by atoms with Crippen LogP contribution >= 0.6 is 11.3 Å². The Morgan fingerprint density at radius 1 is 1.32 bits per heavy atom. The van der Waals surface area contributed by atoms with E-state index in [4.69, 9.17) is 4.74 Å². The molecule has 3 heterocycles. The maximum atomic E-state index is 13.8. The number of benzene rings is 1. The molecule has 4 rings (SSSR count). The Labute approximate surface area is 166 Å². The van der Waals surface area contributed by atoms with Crippen LogP contribution in [0.1, 0.15) is 23.2 Å². The number of carbonyl (C=O) groups is 1. The molecule has 1 aliphatic rings. The van der Waals surface area contributed by atoms with Gasteiger partial charge in [-0.1, -0.05) is 6.07 Å². The number of hydrogen-bond donors (Lipinski definition) is 2. The molecule has 6 nitrogen and oxygen atoms in total. The van der Waals surface area contributed by atoms with E-state index in [2.05, 4.69) is 32.5 Å². The van der Waals surface area contributed by atoms with Gasteiger partial charge in [0, 0.05) is 30.8 Å². The zero-order valence-electron chi connectivity index (χ0n) is 15.4. The van der Waals surface area contributed by atoms with Crippen LogP contribution in [0.2, 0.25) is 0 Å². The molecule has 1 aromatic carbocycles. The van der Waals surface area contributed by atoms with Crippen molar-refractivity contribution in [2.24, 2.45) is 0 Å². The molecule has 0 aliphatic carbocycles. The topological polar surface area (TPSA) is 70.2 Å². The van der Waals surface area contributed by atoms with Crippen LogP contribution in [0, 0.1) is 5.82 Å². The first-order valence-electron chi connectivity index (χ1n) is 9.12. The lowest BCUT2D eigenvalue weighted by atomic mass is 10.0. The van der Waals surface area contributed by atoms with E-state index in [0.717, 1.165) is 42.3 Å². The van der Waals surface area contributed by atoms with Gasteiger partial charge in [-0.25, -0.2) is 4.39 Å². The number of thiophene rings is 1. The van der Waals surface area contributed by atoms with Crippen molar-refractivity contribution < 1.29 is 13.9 Å². The fourth-order valence-corrected chi connectivity index (χ4v) is 4.05. The quantitative estimate of drug-likeness (QED) is 0.685. The summed E-state index contributed by atoms with van der Waals surface area (Å²) >= 11 is 1.67. The summed E-state index contributed by atoms with van der Waals surface area (Å²) in [5, 5.41) is 12.6. The lowest BCUT2D eigenvalue weighted by molar-refractivity contribution is 0.0930. The number of rotatable bonds is 5.